The van der Waals surface area contributed by atoms with E-state index >= 15 is 0 Å². The molecule has 0 aliphatic rings. The normalized spacial score (nSPS) is 10.7. The van der Waals surface area contributed by atoms with E-state index in [9.17, 15) is 9.18 Å². The molecular weight excluding hydrogens is 366 g/mol. The van der Waals surface area contributed by atoms with Crippen LogP contribution >= 0.6 is 23.2 Å². The van der Waals surface area contributed by atoms with Crippen LogP contribution in [-0.2, 0) is 4.79 Å². The number of pyridine rings is 1. The largest absolute Gasteiger partial charge is 0.480 e. The van der Waals surface area contributed by atoms with Crippen LogP contribution in [0.1, 0.15) is 5.69 Å². The number of nitrogens with one attached hydrogen (secondary N) is 1. The van der Waals surface area contributed by atoms with Crippen molar-refractivity contribution < 1.29 is 13.9 Å². The lowest BCUT2D eigenvalue weighted by Gasteiger charge is -2.12. The maximum absolute atomic E-state index is 13.2. The number of carbonyl (C=O) groups is 1. The van der Waals surface area contributed by atoms with E-state index in [1.807, 2.05) is 19.1 Å². The van der Waals surface area contributed by atoms with Gasteiger partial charge in [0.1, 0.15) is 11.3 Å². The molecule has 1 N–H and O–H groups in total. The van der Waals surface area contributed by atoms with Crippen LogP contribution in [-0.4, -0.2) is 17.5 Å². The van der Waals surface area contributed by atoms with Gasteiger partial charge in [-0.25, -0.2) is 9.37 Å². The summed E-state index contributed by atoms with van der Waals surface area (Å²) in [6, 6.07) is 10.8. The average molecular weight is 379 g/mol. The summed E-state index contributed by atoms with van der Waals surface area (Å²) >= 11 is 12.4. The van der Waals surface area contributed by atoms with Gasteiger partial charge in [-0.15, -0.1) is 0 Å². The first-order valence-electron chi connectivity index (χ1n) is 7.37. The first kappa shape index (κ1) is 17.5. The fourth-order valence-electron chi connectivity index (χ4n) is 2.33. The molecule has 0 atom stereocenters. The molecule has 0 bridgehead atoms. The molecule has 0 spiro atoms. The smallest absolute Gasteiger partial charge is 0.262 e. The zero-order valence-corrected chi connectivity index (χ0v) is 14.7. The van der Waals surface area contributed by atoms with Crippen LogP contribution in [0.5, 0.6) is 5.75 Å². The number of aryl methyl sites for hydroxylation is 1. The SMILES string of the molecule is Cc1ccc2c(Cl)cc(Cl)c(OCC(=O)Nc3cccc(F)c3)c2n1. The maximum atomic E-state index is 13.2. The van der Waals surface area contributed by atoms with Crippen molar-refractivity contribution in [2.75, 3.05) is 11.9 Å². The second-order valence-corrected chi connectivity index (χ2v) is 6.18. The Morgan fingerprint density at radius 1 is 1.20 bits per heavy atom. The summed E-state index contributed by atoms with van der Waals surface area (Å²) in [5, 5.41) is 3.93. The molecule has 1 heterocycles. The van der Waals surface area contributed by atoms with Crippen LogP contribution < -0.4 is 10.1 Å². The van der Waals surface area contributed by atoms with Gasteiger partial charge in [-0.2, -0.15) is 0 Å². The van der Waals surface area contributed by atoms with Crippen LogP contribution in [0.3, 0.4) is 0 Å². The molecule has 1 aromatic heterocycles. The van der Waals surface area contributed by atoms with Crippen LogP contribution in [0.2, 0.25) is 10.0 Å². The predicted octanol–water partition coefficient (Wildman–Crippen LogP) is 5.01. The lowest BCUT2D eigenvalue weighted by Crippen LogP contribution is -2.20. The molecule has 0 saturated heterocycles. The van der Waals surface area contributed by atoms with E-state index in [4.69, 9.17) is 27.9 Å². The highest BCUT2D eigenvalue weighted by Crippen LogP contribution is 2.37. The van der Waals surface area contributed by atoms with E-state index < -0.39 is 11.7 Å². The number of fused-ring (bicyclic) bond motifs is 1. The van der Waals surface area contributed by atoms with E-state index in [1.165, 1.54) is 18.2 Å². The molecule has 7 heteroatoms. The van der Waals surface area contributed by atoms with Crippen LogP contribution in [0.25, 0.3) is 10.9 Å². The molecule has 25 heavy (non-hydrogen) atoms. The lowest BCUT2D eigenvalue weighted by molar-refractivity contribution is -0.118. The number of halogens is 3. The van der Waals surface area contributed by atoms with Crippen molar-refractivity contribution >= 4 is 45.7 Å². The summed E-state index contributed by atoms with van der Waals surface area (Å²) in [7, 11) is 0. The first-order valence-corrected chi connectivity index (χ1v) is 8.13. The first-order chi connectivity index (χ1) is 11.9. The number of nitrogens with zero attached hydrogens (tertiary/aromatic N) is 1. The third kappa shape index (κ3) is 4.00. The zero-order chi connectivity index (χ0) is 18.0. The maximum Gasteiger partial charge on any atom is 0.262 e. The lowest BCUT2D eigenvalue weighted by atomic mass is 10.2. The van der Waals surface area contributed by atoms with Gasteiger partial charge in [-0.05, 0) is 43.3 Å². The molecule has 0 aliphatic heterocycles. The van der Waals surface area contributed by atoms with Gasteiger partial charge in [0.05, 0.1) is 10.0 Å². The van der Waals surface area contributed by atoms with Gasteiger partial charge in [0, 0.05) is 16.8 Å². The third-order valence-corrected chi connectivity index (χ3v) is 4.03. The second kappa shape index (κ2) is 7.25. The van der Waals surface area contributed by atoms with Crippen molar-refractivity contribution in [3.05, 3.63) is 64.0 Å². The molecule has 3 aromatic rings. The van der Waals surface area contributed by atoms with Gasteiger partial charge in [0.2, 0.25) is 0 Å². The number of hydrogen-bond acceptors (Lipinski definition) is 3. The van der Waals surface area contributed by atoms with Gasteiger partial charge < -0.3 is 10.1 Å². The Kier molecular flexibility index (Phi) is 5.06. The summed E-state index contributed by atoms with van der Waals surface area (Å²) in [6.45, 7) is 1.53. The molecule has 4 nitrogen and oxygen atoms in total. The van der Waals surface area contributed by atoms with Crippen LogP contribution in [0, 0.1) is 12.7 Å². The van der Waals surface area contributed by atoms with Crippen molar-refractivity contribution in [2.24, 2.45) is 0 Å². The molecule has 0 radical (unpaired) electrons. The van der Waals surface area contributed by atoms with Crippen molar-refractivity contribution in [3.8, 4) is 5.75 Å². The Bertz CT molecular complexity index is 963. The Morgan fingerprint density at radius 2 is 2.00 bits per heavy atom. The number of benzene rings is 2. The fourth-order valence-corrected chi connectivity index (χ4v) is 2.90. The van der Waals surface area contributed by atoms with Gasteiger partial charge in [0.15, 0.2) is 12.4 Å². The topological polar surface area (TPSA) is 51.2 Å². The monoisotopic (exact) mass is 378 g/mol. The highest BCUT2D eigenvalue weighted by atomic mass is 35.5. The molecule has 0 aliphatic carbocycles. The molecule has 128 valence electrons. The number of rotatable bonds is 4. The molecule has 3 rings (SSSR count). The van der Waals surface area contributed by atoms with Crippen molar-refractivity contribution in [1.82, 2.24) is 4.98 Å². The highest BCUT2D eigenvalue weighted by Gasteiger charge is 2.15. The Balaban J connectivity index is 1.81. The molecule has 2 aromatic carbocycles. The van der Waals surface area contributed by atoms with Crippen molar-refractivity contribution in [1.29, 1.82) is 0 Å². The van der Waals surface area contributed by atoms with E-state index in [-0.39, 0.29) is 17.4 Å². The predicted molar refractivity (Wildman–Crippen MR) is 97.0 cm³/mol. The van der Waals surface area contributed by atoms with Crippen molar-refractivity contribution in [2.45, 2.75) is 6.92 Å². The number of hydrogen-bond donors (Lipinski definition) is 1. The number of ether oxygens (including phenoxy) is 1. The number of anilines is 1. The highest BCUT2D eigenvalue weighted by molar-refractivity contribution is 6.39. The molecule has 0 fully saturated rings. The molecule has 0 unspecified atom stereocenters. The zero-order valence-electron chi connectivity index (χ0n) is 13.1. The van der Waals surface area contributed by atoms with Crippen LogP contribution in [0.15, 0.2) is 42.5 Å². The summed E-state index contributed by atoms with van der Waals surface area (Å²) in [4.78, 5) is 16.4. The molecule has 0 saturated carbocycles. The third-order valence-electron chi connectivity index (χ3n) is 3.43. The fraction of sp³-hybridized carbons (Fsp3) is 0.111. The summed E-state index contributed by atoms with van der Waals surface area (Å²) in [5.41, 5.74) is 1.59. The number of aromatic nitrogens is 1. The van der Waals surface area contributed by atoms with E-state index in [0.29, 0.717) is 21.6 Å². The Labute approximate surface area is 153 Å². The van der Waals surface area contributed by atoms with E-state index in [2.05, 4.69) is 10.3 Å². The number of carbonyl (C=O) groups excluding carboxylic acids is 1. The van der Waals surface area contributed by atoms with Crippen molar-refractivity contribution in [3.63, 3.8) is 0 Å². The molecular formula is C18H13Cl2FN2O2. The van der Waals surface area contributed by atoms with E-state index in [1.54, 1.807) is 12.1 Å². The van der Waals surface area contributed by atoms with Gasteiger partial charge in [-0.3, -0.25) is 4.79 Å². The molecule has 1 amide bonds. The Hall–Kier alpha value is -2.37. The van der Waals surface area contributed by atoms with E-state index in [0.717, 1.165) is 5.69 Å². The minimum absolute atomic E-state index is 0.258. The van der Waals surface area contributed by atoms with Gasteiger partial charge in [0.25, 0.3) is 5.91 Å². The van der Waals surface area contributed by atoms with Gasteiger partial charge in [-0.1, -0.05) is 29.3 Å². The minimum atomic E-state index is -0.447. The summed E-state index contributed by atoms with van der Waals surface area (Å²) < 4.78 is 18.7. The van der Waals surface area contributed by atoms with Gasteiger partial charge >= 0.3 is 0 Å². The average Bonchev–Trinajstić information content (AvgIpc) is 2.54. The summed E-state index contributed by atoms with van der Waals surface area (Å²) in [6.07, 6.45) is 0. The quantitative estimate of drug-likeness (QED) is 0.694. The second-order valence-electron chi connectivity index (χ2n) is 5.37. The Morgan fingerprint density at radius 3 is 2.76 bits per heavy atom. The minimum Gasteiger partial charge on any atom is -0.480 e. The standard InChI is InChI=1S/C18H13Cl2FN2O2/c1-10-5-6-13-14(19)8-15(20)18(17(13)22-10)25-9-16(24)23-12-4-2-3-11(21)7-12/h2-8H,9H2,1H3,(H,23,24). The number of amides is 1. The summed E-state index contributed by atoms with van der Waals surface area (Å²) in [5.74, 6) is -0.610. The van der Waals surface area contributed by atoms with Crippen LogP contribution in [0.4, 0.5) is 10.1 Å².